The zero-order valence-electron chi connectivity index (χ0n) is 22.8. The Morgan fingerprint density at radius 3 is 2.38 bits per heavy atom. The van der Waals surface area contributed by atoms with Crippen LogP contribution in [0.15, 0.2) is 60.9 Å². The molecule has 1 spiro atoms. The zero-order chi connectivity index (χ0) is 27.9. The first-order chi connectivity index (χ1) is 19.3. The van der Waals surface area contributed by atoms with Gasteiger partial charge in [0.15, 0.2) is 0 Å². The van der Waals surface area contributed by atoms with Gasteiger partial charge < -0.3 is 14.7 Å². The minimum atomic E-state index is -0.474. The highest BCUT2D eigenvalue weighted by atomic mass is 35.5. The highest BCUT2D eigenvalue weighted by Gasteiger charge is 2.39. The number of hydrogen-bond donors (Lipinski definition) is 0. The van der Waals surface area contributed by atoms with Crippen LogP contribution in [0.25, 0.3) is 0 Å². The fourth-order valence-electron chi connectivity index (χ4n) is 6.77. The monoisotopic (exact) mass is 560 g/mol. The second-order valence-corrected chi connectivity index (χ2v) is 11.9. The number of nitrogens with zero attached hydrogens (tertiary/aromatic N) is 4. The summed E-state index contributed by atoms with van der Waals surface area (Å²) in [6.45, 7) is 3.63. The largest absolute Gasteiger partial charge is 0.371 e. The molecule has 0 N–H and O–H groups in total. The highest BCUT2D eigenvalue weighted by Crippen LogP contribution is 2.43. The molecule has 1 unspecified atom stereocenters. The predicted octanol–water partition coefficient (Wildman–Crippen LogP) is 6.16. The Bertz CT molecular complexity index is 1410. The molecular formula is C32H34ClFN4O2. The topological polar surface area (TPSA) is 56.8 Å². The summed E-state index contributed by atoms with van der Waals surface area (Å²) >= 11 is 6.17. The van der Waals surface area contributed by atoms with E-state index in [1.165, 1.54) is 17.8 Å². The van der Waals surface area contributed by atoms with E-state index in [1.807, 2.05) is 35.5 Å². The van der Waals surface area contributed by atoms with Gasteiger partial charge in [-0.3, -0.25) is 14.6 Å². The number of aromatic nitrogens is 1. The third kappa shape index (κ3) is 5.07. The van der Waals surface area contributed by atoms with Gasteiger partial charge in [0, 0.05) is 56.9 Å². The minimum absolute atomic E-state index is 0.0630. The summed E-state index contributed by atoms with van der Waals surface area (Å²) in [4.78, 5) is 37.1. The molecule has 3 aliphatic rings. The molecule has 6 nitrogen and oxygen atoms in total. The number of benzene rings is 2. The molecule has 2 aromatic carbocycles. The van der Waals surface area contributed by atoms with Crippen molar-refractivity contribution in [2.75, 3.05) is 38.1 Å². The van der Waals surface area contributed by atoms with E-state index in [1.54, 1.807) is 11.9 Å². The Balaban J connectivity index is 1.10. The van der Waals surface area contributed by atoms with Crippen LogP contribution in [0.5, 0.6) is 0 Å². The Hall–Kier alpha value is -3.45. The van der Waals surface area contributed by atoms with Crippen LogP contribution in [0.4, 0.5) is 10.1 Å². The summed E-state index contributed by atoms with van der Waals surface area (Å²) in [6.07, 6.45) is 9.68. The summed E-state index contributed by atoms with van der Waals surface area (Å²) in [7, 11) is 1.75. The number of amides is 2. The standard InChI is InChI=1S/C32H34ClFN4O2/c1-36(31(40)26-6-5-24(34)21-28(26)33)29-7-4-22-2-3-23(20-27(22)29)30(39)38-18-12-32(13-19-38)10-16-37(17-11-32)25-8-14-35-15-9-25/h2-3,5-6,8-9,14-15,20-21,29H,4,7,10-13,16-19H2,1H3. The molecule has 2 saturated heterocycles. The van der Waals surface area contributed by atoms with Gasteiger partial charge in [0.1, 0.15) is 5.82 Å². The molecule has 0 radical (unpaired) electrons. The molecule has 2 aliphatic heterocycles. The maximum absolute atomic E-state index is 13.6. The Morgan fingerprint density at radius 2 is 1.68 bits per heavy atom. The van der Waals surface area contributed by atoms with Gasteiger partial charge in [-0.05, 0) is 97.5 Å². The average Bonchev–Trinajstić information content (AvgIpc) is 3.41. The summed E-state index contributed by atoms with van der Waals surface area (Å²) in [5.41, 5.74) is 4.67. The fourth-order valence-corrected chi connectivity index (χ4v) is 7.02. The van der Waals surface area contributed by atoms with E-state index in [-0.39, 0.29) is 28.4 Å². The number of fused-ring (bicyclic) bond motifs is 1. The normalized spacial score (nSPS) is 19.9. The van der Waals surface area contributed by atoms with Crippen molar-refractivity contribution in [2.45, 2.75) is 44.6 Å². The number of hydrogen-bond acceptors (Lipinski definition) is 4. The van der Waals surface area contributed by atoms with Crippen molar-refractivity contribution in [3.05, 3.63) is 94.0 Å². The molecule has 208 valence electrons. The third-order valence-corrected chi connectivity index (χ3v) is 9.66. The van der Waals surface area contributed by atoms with Gasteiger partial charge in [0.25, 0.3) is 11.8 Å². The summed E-state index contributed by atoms with van der Waals surface area (Å²) in [6, 6.07) is 13.8. The first kappa shape index (κ1) is 26.8. The Kier molecular flexibility index (Phi) is 7.26. The number of pyridine rings is 1. The van der Waals surface area contributed by atoms with Crippen LogP contribution in [0.3, 0.4) is 0 Å². The van der Waals surface area contributed by atoms with Crippen LogP contribution in [-0.4, -0.2) is 59.8 Å². The molecule has 2 fully saturated rings. The smallest absolute Gasteiger partial charge is 0.255 e. The lowest BCUT2D eigenvalue weighted by Gasteiger charge is -2.47. The summed E-state index contributed by atoms with van der Waals surface area (Å²) in [5.74, 6) is -0.665. The predicted molar refractivity (Wildman–Crippen MR) is 154 cm³/mol. The number of carbonyl (C=O) groups excluding carboxylic acids is 2. The van der Waals surface area contributed by atoms with E-state index < -0.39 is 5.82 Å². The van der Waals surface area contributed by atoms with Crippen LogP contribution in [0.2, 0.25) is 5.02 Å². The molecule has 3 aromatic rings. The molecule has 6 rings (SSSR count). The van der Waals surface area contributed by atoms with Crippen LogP contribution in [-0.2, 0) is 6.42 Å². The lowest BCUT2D eigenvalue weighted by Crippen LogP contribution is -2.48. The van der Waals surface area contributed by atoms with Crippen molar-refractivity contribution in [3.63, 3.8) is 0 Å². The zero-order valence-corrected chi connectivity index (χ0v) is 23.5. The minimum Gasteiger partial charge on any atom is -0.371 e. The fraction of sp³-hybridized carbons (Fsp3) is 0.406. The second kappa shape index (κ2) is 10.8. The van der Waals surface area contributed by atoms with Crippen LogP contribution in [0, 0.1) is 11.2 Å². The molecular weight excluding hydrogens is 527 g/mol. The van der Waals surface area contributed by atoms with Crippen molar-refractivity contribution < 1.29 is 14.0 Å². The van der Waals surface area contributed by atoms with E-state index in [0.29, 0.717) is 11.0 Å². The SMILES string of the molecule is CN(C(=O)c1ccc(F)cc1Cl)C1CCc2ccc(C(=O)N3CCC4(CC3)CCN(c3ccncc3)CC4)cc21. The number of carbonyl (C=O) groups is 2. The molecule has 2 amide bonds. The van der Waals surface area contributed by atoms with E-state index in [2.05, 4.69) is 22.0 Å². The van der Waals surface area contributed by atoms with Crippen molar-refractivity contribution >= 4 is 29.1 Å². The number of halogens is 2. The maximum atomic E-state index is 13.6. The average molecular weight is 561 g/mol. The number of likely N-dealkylation sites (tertiary alicyclic amines) is 1. The van der Waals surface area contributed by atoms with Crippen LogP contribution in [0.1, 0.15) is 70.0 Å². The van der Waals surface area contributed by atoms with Crippen molar-refractivity contribution in [3.8, 4) is 0 Å². The van der Waals surface area contributed by atoms with Gasteiger partial charge in [0.2, 0.25) is 0 Å². The quantitative estimate of drug-likeness (QED) is 0.384. The lowest BCUT2D eigenvalue weighted by molar-refractivity contribution is 0.0515. The van der Waals surface area contributed by atoms with Gasteiger partial charge in [-0.1, -0.05) is 17.7 Å². The van der Waals surface area contributed by atoms with Crippen LogP contribution < -0.4 is 4.90 Å². The van der Waals surface area contributed by atoms with Gasteiger partial charge in [-0.15, -0.1) is 0 Å². The van der Waals surface area contributed by atoms with Crippen molar-refractivity contribution in [1.82, 2.24) is 14.8 Å². The van der Waals surface area contributed by atoms with Crippen molar-refractivity contribution in [2.24, 2.45) is 5.41 Å². The molecule has 0 saturated carbocycles. The first-order valence-electron chi connectivity index (χ1n) is 14.1. The molecule has 1 aliphatic carbocycles. The van der Waals surface area contributed by atoms with Gasteiger partial charge in [-0.25, -0.2) is 4.39 Å². The van der Waals surface area contributed by atoms with Crippen LogP contribution >= 0.6 is 11.6 Å². The van der Waals surface area contributed by atoms with Crippen molar-refractivity contribution in [1.29, 1.82) is 0 Å². The van der Waals surface area contributed by atoms with E-state index in [9.17, 15) is 14.0 Å². The molecule has 0 bridgehead atoms. The Labute approximate surface area is 239 Å². The number of piperidine rings is 2. The third-order valence-electron chi connectivity index (χ3n) is 9.35. The molecule has 1 atom stereocenters. The number of aryl methyl sites for hydroxylation is 1. The van der Waals surface area contributed by atoms with E-state index in [4.69, 9.17) is 11.6 Å². The van der Waals surface area contributed by atoms with Gasteiger partial charge in [0.05, 0.1) is 16.6 Å². The molecule has 8 heteroatoms. The summed E-state index contributed by atoms with van der Waals surface area (Å²) in [5, 5.41) is 0.102. The second-order valence-electron chi connectivity index (χ2n) is 11.5. The number of anilines is 1. The molecule has 40 heavy (non-hydrogen) atoms. The lowest BCUT2D eigenvalue weighted by atomic mass is 9.71. The highest BCUT2D eigenvalue weighted by molar-refractivity contribution is 6.33. The van der Waals surface area contributed by atoms with Gasteiger partial charge >= 0.3 is 0 Å². The Morgan fingerprint density at radius 1 is 0.975 bits per heavy atom. The first-order valence-corrected chi connectivity index (χ1v) is 14.5. The molecule has 1 aromatic heterocycles. The summed E-state index contributed by atoms with van der Waals surface area (Å²) < 4.78 is 13.5. The van der Waals surface area contributed by atoms with E-state index in [0.717, 1.165) is 81.9 Å². The van der Waals surface area contributed by atoms with Gasteiger partial charge in [-0.2, -0.15) is 0 Å². The maximum Gasteiger partial charge on any atom is 0.255 e. The molecule has 3 heterocycles. The van der Waals surface area contributed by atoms with E-state index >= 15 is 0 Å². The number of rotatable bonds is 4.